The molecule has 0 spiro atoms. The van der Waals surface area contributed by atoms with Gasteiger partial charge in [0.15, 0.2) is 0 Å². The Morgan fingerprint density at radius 3 is 2.67 bits per heavy atom. The van der Waals surface area contributed by atoms with Crippen molar-refractivity contribution in [1.82, 2.24) is 0 Å². The molecule has 5 heteroatoms. The minimum Gasteiger partial charge on any atom is -0.511 e. The van der Waals surface area contributed by atoms with E-state index >= 15 is 0 Å². The first-order valence-electron chi connectivity index (χ1n) is 6.26. The van der Waals surface area contributed by atoms with E-state index in [4.69, 9.17) is 9.57 Å². The number of rotatable bonds is 5. The van der Waals surface area contributed by atoms with E-state index < -0.39 is 11.6 Å². The molecular weight excluding hydrogens is 234 g/mol. The third-order valence-electron chi connectivity index (χ3n) is 2.53. The van der Waals surface area contributed by atoms with E-state index in [0.29, 0.717) is 25.2 Å². The van der Waals surface area contributed by atoms with Crippen LogP contribution in [-0.2, 0) is 14.4 Å². The van der Waals surface area contributed by atoms with Crippen LogP contribution in [-0.4, -0.2) is 29.0 Å². The van der Waals surface area contributed by atoms with Crippen LogP contribution in [0, 0.1) is 0 Å². The molecule has 0 atom stereocenters. The van der Waals surface area contributed by atoms with Gasteiger partial charge in [-0.3, -0.25) is 0 Å². The summed E-state index contributed by atoms with van der Waals surface area (Å²) in [4.78, 5) is 16.9. The van der Waals surface area contributed by atoms with E-state index in [1.54, 1.807) is 13.8 Å². The van der Waals surface area contributed by atoms with Gasteiger partial charge >= 0.3 is 5.97 Å². The third kappa shape index (κ3) is 3.48. The summed E-state index contributed by atoms with van der Waals surface area (Å²) in [5, 5.41) is 13.9. The second-order valence-corrected chi connectivity index (χ2v) is 4.85. The number of carbonyl (C=O) groups is 1. The van der Waals surface area contributed by atoms with Gasteiger partial charge in [-0.2, -0.15) is 0 Å². The molecule has 0 unspecified atom stereocenters. The van der Waals surface area contributed by atoms with Crippen LogP contribution in [0.1, 0.15) is 47.0 Å². The molecule has 0 saturated carbocycles. The molecule has 0 aliphatic carbocycles. The molecule has 0 aromatic carbocycles. The fourth-order valence-corrected chi connectivity index (χ4v) is 1.83. The lowest BCUT2D eigenvalue weighted by Crippen LogP contribution is -2.36. The van der Waals surface area contributed by atoms with Gasteiger partial charge in [0.05, 0.1) is 5.71 Å². The van der Waals surface area contributed by atoms with Crippen LogP contribution >= 0.6 is 0 Å². The standard InChI is InChI=1S/C13H21NO4/c1-5-7-9(14-17-6-2)11-10(15)8-13(3,4)18-12(11)16/h15H,5-8H2,1-4H3/b14-9+. The van der Waals surface area contributed by atoms with Crippen molar-refractivity contribution in [2.24, 2.45) is 5.16 Å². The number of carbonyl (C=O) groups excluding carboxylic acids is 1. The van der Waals surface area contributed by atoms with Crippen LogP contribution < -0.4 is 0 Å². The maximum atomic E-state index is 11.9. The Kier molecular flexibility index (Phi) is 4.76. The van der Waals surface area contributed by atoms with Gasteiger partial charge in [0.1, 0.15) is 23.5 Å². The highest BCUT2D eigenvalue weighted by atomic mass is 16.6. The lowest BCUT2D eigenvalue weighted by Gasteiger charge is -2.30. The normalized spacial score (nSPS) is 19.8. The summed E-state index contributed by atoms with van der Waals surface area (Å²) in [5.74, 6) is -0.501. The lowest BCUT2D eigenvalue weighted by atomic mass is 9.94. The predicted molar refractivity (Wildman–Crippen MR) is 68.4 cm³/mol. The topological polar surface area (TPSA) is 68.1 Å². The number of nitrogens with zero attached hydrogens (tertiary/aromatic N) is 1. The van der Waals surface area contributed by atoms with Crippen molar-refractivity contribution in [3.05, 3.63) is 11.3 Å². The molecule has 0 aromatic heterocycles. The van der Waals surface area contributed by atoms with Crippen molar-refractivity contribution in [1.29, 1.82) is 0 Å². The average molecular weight is 255 g/mol. The largest absolute Gasteiger partial charge is 0.511 e. The van der Waals surface area contributed by atoms with Crippen LogP contribution in [0.4, 0.5) is 0 Å². The Labute approximate surface area is 107 Å². The first-order valence-corrected chi connectivity index (χ1v) is 6.26. The minimum absolute atomic E-state index is 0.0307. The highest BCUT2D eigenvalue weighted by Gasteiger charge is 2.36. The summed E-state index contributed by atoms with van der Waals surface area (Å²) in [6.45, 7) is 7.72. The number of hydrogen-bond donors (Lipinski definition) is 1. The monoisotopic (exact) mass is 255 g/mol. The summed E-state index contributed by atoms with van der Waals surface area (Å²) in [6, 6.07) is 0. The van der Waals surface area contributed by atoms with Crippen LogP contribution in [0.15, 0.2) is 16.5 Å². The molecular formula is C13H21NO4. The van der Waals surface area contributed by atoms with E-state index in [1.165, 1.54) is 0 Å². The Hall–Kier alpha value is -1.52. The molecule has 0 aromatic rings. The lowest BCUT2D eigenvalue weighted by molar-refractivity contribution is -0.153. The van der Waals surface area contributed by atoms with Crippen LogP contribution in [0.25, 0.3) is 0 Å². The number of ether oxygens (including phenoxy) is 1. The van der Waals surface area contributed by atoms with Gasteiger partial charge in [-0.25, -0.2) is 4.79 Å². The van der Waals surface area contributed by atoms with Crippen molar-refractivity contribution in [3.8, 4) is 0 Å². The zero-order valence-electron chi connectivity index (χ0n) is 11.4. The van der Waals surface area contributed by atoms with Gasteiger partial charge in [-0.05, 0) is 27.2 Å². The molecule has 0 radical (unpaired) electrons. The van der Waals surface area contributed by atoms with E-state index in [2.05, 4.69) is 5.16 Å². The number of aliphatic hydroxyl groups is 1. The number of oxime groups is 1. The Morgan fingerprint density at radius 1 is 1.50 bits per heavy atom. The fraction of sp³-hybridized carbons (Fsp3) is 0.692. The Morgan fingerprint density at radius 2 is 2.17 bits per heavy atom. The minimum atomic E-state index is -0.673. The summed E-state index contributed by atoms with van der Waals surface area (Å²) in [7, 11) is 0. The summed E-state index contributed by atoms with van der Waals surface area (Å²) in [6.07, 6.45) is 1.66. The van der Waals surface area contributed by atoms with Gasteiger partial charge in [0, 0.05) is 6.42 Å². The second-order valence-electron chi connectivity index (χ2n) is 4.85. The maximum Gasteiger partial charge on any atom is 0.344 e. The van der Waals surface area contributed by atoms with Gasteiger partial charge in [0.2, 0.25) is 0 Å². The summed E-state index contributed by atoms with van der Waals surface area (Å²) < 4.78 is 5.27. The highest BCUT2D eigenvalue weighted by molar-refractivity contribution is 6.20. The molecule has 1 rings (SSSR count). The van der Waals surface area contributed by atoms with Crippen molar-refractivity contribution < 1.29 is 19.5 Å². The number of esters is 1. The molecule has 1 N–H and O–H groups in total. The zero-order valence-corrected chi connectivity index (χ0v) is 11.4. The first kappa shape index (κ1) is 14.5. The molecule has 1 heterocycles. The number of hydrogen-bond acceptors (Lipinski definition) is 5. The fourth-order valence-electron chi connectivity index (χ4n) is 1.83. The maximum absolute atomic E-state index is 11.9. The first-order chi connectivity index (χ1) is 8.41. The highest BCUT2D eigenvalue weighted by Crippen LogP contribution is 2.29. The predicted octanol–water partition coefficient (Wildman–Crippen LogP) is 2.72. The molecule has 1 aliphatic heterocycles. The van der Waals surface area contributed by atoms with Crippen molar-refractivity contribution in [2.75, 3.05) is 6.61 Å². The van der Waals surface area contributed by atoms with Crippen LogP contribution in [0.3, 0.4) is 0 Å². The van der Waals surface area contributed by atoms with Crippen molar-refractivity contribution in [3.63, 3.8) is 0 Å². The van der Waals surface area contributed by atoms with E-state index in [1.807, 2.05) is 13.8 Å². The number of cyclic esters (lactones) is 1. The summed E-state index contributed by atoms with van der Waals surface area (Å²) in [5.41, 5.74) is -0.0601. The zero-order chi connectivity index (χ0) is 13.8. The van der Waals surface area contributed by atoms with E-state index in [0.717, 1.165) is 6.42 Å². The van der Waals surface area contributed by atoms with E-state index in [9.17, 15) is 9.90 Å². The molecule has 0 amide bonds. The van der Waals surface area contributed by atoms with Gasteiger partial charge in [-0.15, -0.1) is 0 Å². The second kappa shape index (κ2) is 5.89. The number of aliphatic hydroxyl groups excluding tert-OH is 1. The third-order valence-corrected chi connectivity index (χ3v) is 2.53. The summed E-state index contributed by atoms with van der Waals surface area (Å²) >= 11 is 0. The quantitative estimate of drug-likeness (QED) is 0.466. The average Bonchev–Trinajstić information content (AvgIpc) is 2.23. The molecule has 5 nitrogen and oxygen atoms in total. The Bertz CT molecular complexity index is 382. The molecule has 1 aliphatic rings. The molecule has 0 fully saturated rings. The SMILES string of the molecule is CCC/C(=N\OCC)C1=C(O)CC(C)(C)OC1=O. The van der Waals surface area contributed by atoms with Gasteiger partial charge in [-0.1, -0.05) is 18.5 Å². The smallest absolute Gasteiger partial charge is 0.344 e. The van der Waals surface area contributed by atoms with Crippen LogP contribution in [0.2, 0.25) is 0 Å². The van der Waals surface area contributed by atoms with E-state index in [-0.39, 0.29) is 11.3 Å². The van der Waals surface area contributed by atoms with Gasteiger partial charge in [0.25, 0.3) is 0 Å². The molecule has 0 bridgehead atoms. The molecule has 0 saturated heterocycles. The molecule has 18 heavy (non-hydrogen) atoms. The van der Waals surface area contributed by atoms with Gasteiger partial charge < -0.3 is 14.7 Å². The Balaban J connectivity index is 3.07. The van der Waals surface area contributed by atoms with Crippen molar-refractivity contribution >= 4 is 11.7 Å². The van der Waals surface area contributed by atoms with Crippen LogP contribution in [0.5, 0.6) is 0 Å². The molecule has 102 valence electrons. The van der Waals surface area contributed by atoms with Crippen molar-refractivity contribution in [2.45, 2.75) is 52.6 Å².